The van der Waals surface area contributed by atoms with Gasteiger partial charge in [0.05, 0.1) is 0 Å². The van der Waals surface area contributed by atoms with Gasteiger partial charge in [-0.05, 0) is 43.5 Å². The van der Waals surface area contributed by atoms with E-state index in [9.17, 15) is 8.78 Å². The van der Waals surface area contributed by atoms with Crippen molar-refractivity contribution in [2.75, 3.05) is 6.54 Å². The first-order chi connectivity index (χ1) is 8.17. The van der Waals surface area contributed by atoms with Gasteiger partial charge in [-0.2, -0.15) is 0 Å². The van der Waals surface area contributed by atoms with Crippen LogP contribution in [0.5, 0.6) is 0 Å². The maximum Gasteiger partial charge on any atom is 0.126 e. The summed E-state index contributed by atoms with van der Waals surface area (Å²) >= 11 is 0. The molecule has 17 heavy (non-hydrogen) atoms. The highest BCUT2D eigenvalue weighted by molar-refractivity contribution is 5.21. The Balaban J connectivity index is 2.76. The molecule has 1 N–H and O–H groups in total. The molecule has 1 nitrogen and oxygen atoms in total. The molecule has 0 aliphatic heterocycles. The third-order valence-corrected chi connectivity index (χ3v) is 2.64. The van der Waals surface area contributed by atoms with Crippen LogP contribution in [0.4, 0.5) is 8.78 Å². The predicted octanol–water partition coefficient (Wildman–Crippen LogP) is 3.97. The first-order valence-electron chi connectivity index (χ1n) is 5.97. The van der Waals surface area contributed by atoms with E-state index in [2.05, 4.69) is 11.9 Å². The number of unbranched alkanes of at least 4 members (excludes halogenated alkanes) is 1. The lowest BCUT2D eigenvalue weighted by Gasteiger charge is -2.18. The summed E-state index contributed by atoms with van der Waals surface area (Å²) in [6.07, 6.45) is 4.58. The van der Waals surface area contributed by atoms with Crippen molar-refractivity contribution in [2.24, 2.45) is 0 Å². The molecule has 0 aliphatic rings. The molecule has 0 spiro atoms. The first-order valence-corrected chi connectivity index (χ1v) is 5.97. The molecule has 0 fully saturated rings. The molecule has 0 bridgehead atoms. The third-order valence-electron chi connectivity index (χ3n) is 2.64. The van der Waals surface area contributed by atoms with Gasteiger partial charge >= 0.3 is 0 Å². The molecule has 1 unspecified atom stereocenters. The highest BCUT2D eigenvalue weighted by Gasteiger charge is 2.12. The second-order valence-electron chi connectivity index (χ2n) is 4.03. The van der Waals surface area contributed by atoms with Gasteiger partial charge in [-0.25, -0.2) is 8.78 Å². The molecule has 1 aromatic rings. The van der Waals surface area contributed by atoms with Crippen molar-refractivity contribution in [3.05, 3.63) is 48.1 Å². The summed E-state index contributed by atoms with van der Waals surface area (Å²) < 4.78 is 26.3. The molecular formula is C14H19F2N. The van der Waals surface area contributed by atoms with Crippen LogP contribution in [0, 0.1) is 11.6 Å². The number of nitrogens with one attached hydrogen (secondary N) is 1. The molecule has 0 aliphatic carbocycles. The van der Waals surface area contributed by atoms with Crippen LogP contribution in [0.15, 0.2) is 30.9 Å². The Kier molecular flexibility index (Phi) is 5.84. The fraction of sp³-hybridized carbons (Fsp3) is 0.429. The maximum atomic E-state index is 13.1. The molecule has 1 aromatic carbocycles. The first kappa shape index (κ1) is 13.8. The normalized spacial score (nSPS) is 12.4. The van der Waals surface area contributed by atoms with Crippen molar-refractivity contribution in [2.45, 2.75) is 32.2 Å². The minimum atomic E-state index is -0.522. The summed E-state index contributed by atoms with van der Waals surface area (Å²) in [4.78, 5) is 0. The van der Waals surface area contributed by atoms with Crippen LogP contribution < -0.4 is 5.32 Å². The van der Waals surface area contributed by atoms with Crippen molar-refractivity contribution in [3.63, 3.8) is 0 Å². The summed E-state index contributed by atoms with van der Waals surface area (Å²) in [5.74, 6) is -1.04. The summed E-state index contributed by atoms with van der Waals surface area (Å²) in [7, 11) is 0. The van der Waals surface area contributed by atoms with Crippen molar-refractivity contribution >= 4 is 0 Å². The molecule has 0 aromatic heterocycles. The van der Waals surface area contributed by atoms with Crippen LogP contribution in [0.1, 0.15) is 37.8 Å². The molecule has 0 saturated heterocycles. The zero-order valence-electron chi connectivity index (χ0n) is 10.2. The van der Waals surface area contributed by atoms with Crippen LogP contribution in [-0.4, -0.2) is 6.54 Å². The Bertz CT molecular complexity index is 343. The van der Waals surface area contributed by atoms with Crippen molar-refractivity contribution in [1.82, 2.24) is 5.32 Å². The topological polar surface area (TPSA) is 12.0 Å². The number of hydrogen-bond acceptors (Lipinski definition) is 1. The standard InChI is InChI=1S/C14H19F2N/c1-3-5-6-7-14(17-4-2)11-8-12(15)10-13(16)9-11/h3,8-10,14,17H,1,4-7H2,2H3. The Morgan fingerprint density at radius 3 is 2.47 bits per heavy atom. The number of halogens is 2. The molecule has 94 valence electrons. The van der Waals surface area contributed by atoms with Gasteiger partial charge in [0.1, 0.15) is 11.6 Å². The molecular weight excluding hydrogens is 220 g/mol. The van der Waals surface area contributed by atoms with Crippen molar-refractivity contribution in [1.29, 1.82) is 0 Å². The summed E-state index contributed by atoms with van der Waals surface area (Å²) in [5, 5.41) is 3.24. The molecule has 0 saturated carbocycles. The van der Waals surface area contributed by atoms with Crippen LogP contribution in [0.3, 0.4) is 0 Å². The van der Waals surface area contributed by atoms with Gasteiger partial charge in [0.2, 0.25) is 0 Å². The molecule has 3 heteroatoms. The lowest BCUT2D eigenvalue weighted by molar-refractivity contribution is 0.490. The molecule has 0 radical (unpaired) electrons. The smallest absolute Gasteiger partial charge is 0.126 e. The number of hydrogen-bond donors (Lipinski definition) is 1. The van der Waals surface area contributed by atoms with Crippen molar-refractivity contribution in [3.8, 4) is 0 Å². The van der Waals surface area contributed by atoms with E-state index in [4.69, 9.17) is 0 Å². The summed E-state index contributed by atoms with van der Waals surface area (Å²) in [6.45, 7) is 6.42. The minimum absolute atomic E-state index is 0.00477. The van der Waals surface area contributed by atoms with Gasteiger partial charge in [0, 0.05) is 12.1 Å². The van der Waals surface area contributed by atoms with E-state index in [0.29, 0.717) is 5.56 Å². The minimum Gasteiger partial charge on any atom is -0.310 e. The van der Waals surface area contributed by atoms with E-state index in [1.54, 1.807) is 0 Å². The van der Waals surface area contributed by atoms with Crippen LogP contribution in [0.25, 0.3) is 0 Å². The Labute approximate surface area is 102 Å². The second kappa shape index (κ2) is 7.17. The average molecular weight is 239 g/mol. The highest BCUT2D eigenvalue weighted by atomic mass is 19.1. The van der Waals surface area contributed by atoms with E-state index >= 15 is 0 Å². The molecule has 1 rings (SSSR count). The lowest BCUT2D eigenvalue weighted by Crippen LogP contribution is -2.21. The van der Waals surface area contributed by atoms with E-state index in [1.165, 1.54) is 12.1 Å². The predicted molar refractivity (Wildman–Crippen MR) is 66.8 cm³/mol. The number of rotatable bonds is 7. The Hall–Kier alpha value is -1.22. The summed E-state index contributed by atoms with van der Waals surface area (Å²) in [5.41, 5.74) is 0.674. The fourth-order valence-corrected chi connectivity index (χ4v) is 1.88. The SMILES string of the molecule is C=CCCCC(NCC)c1cc(F)cc(F)c1. The maximum absolute atomic E-state index is 13.1. The quantitative estimate of drug-likeness (QED) is 0.560. The van der Waals surface area contributed by atoms with Gasteiger partial charge in [0.15, 0.2) is 0 Å². The van der Waals surface area contributed by atoms with Crippen molar-refractivity contribution < 1.29 is 8.78 Å². The number of benzene rings is 1. The average Bonchev–Trinajstić information content (AvgIpc) is 2.27. The lowest BCUT2D eigenvalue weighted by atomic mass is 10.0. The molecule has 0 heterocycles. The van der Waals surface area contributed by atoms with Gasteiger partial charge in [0.25, 0.3) is 0 Å². The zero-order valence-corrected chi connectivity index (χ0v) is 10.2. The van der Waals surface area contributed by atoms with E-state index in [1.807, 2.05) is 13.0 Å². The van der Waals surface area contributed by atoms with E-state index in [-0.39, 0.29) is 6.04 Å². The number of allylic oxidation sites excluding steroid dienone is 1. The largest absolute Gasteiger partial charge is 0.310 e. The zero-order chi connectivity index (χ0) is 12.7. The van der Waals surface area contributed by atoms with Crippen LogP contribution in [-0.2, 0) is 0 Å². The summed E-state index contributed by atoms with van der Waals surface area (Å²) in [6, 6.07) is 3.69. The Morgan fingerprint density at radius 2 is 1.94 bits per heavy atom. The molecule has 1 atom stereocenters. The van der Waals surface area contributed by atoms with Gasteiger partial charge in [-0.3, -0.25) is 0 Å². The monoisotopic (exact) mass is 239 g/mol. The highest BCUT2D eigenvalue weighted by Crippen LogP contribution is 2.21. The fourth-order valence-electron chi connectivity index (χ4n) is 1.88. The van der Waals surface area contributed by atoms with Crippen LogP contribution >= 0.6 is 0 Å². The van der Waals surface area contributed by atoms with Gasteiger partial charge in [-0.1, -0.05) is 13.0 Å². The Morgan fingerprint density at radius 1 is 1.29 bits per heavy atom. The van der Waals surface area contributed by atoms with Gasteiger partial charge in [-0.15, -0.1) is 6.58 Å². The van der Waals surface area contributed by atoms with Crippen LogP contribution in [0.2, 0.25) is 0 Å². The van der Waals surface area contributed by atoms with E-state index < -0.39 is 11.6 Å². The van der Waals surface area contributed by atoms with Gasteiger partial charge < -0.3 is 5.32 Å². The third kappa shape index (κ3) is 4.65. The second-order valence-corrected chi connectivity index (χ2v) is 4.03. The molecule has 0 amide bonds. The van der Waals surface area contributed by atoms with E-state index in [0.717, 1.165) is 31.9 Å².